The lowest BCUT2D eigenvalue weighted by atomic mass is 9.93. The Balaban J connectivity index is 2.03. The summed E-state index contributed by atoms with van der Waals surface area (Å²) in [7, 11) is 0. The van der Waals surface area contributed by atoms with Crippen molar-refractivity contribution in [3.8, 4) is 0 Å². The maximum Gasteiger partial charge on any atom is 0.256 e. The lowest BCUT2D eigenvalue weighted by Gasteiger charge is -2.32. The number of likely N-dealkylation sites (tertiary alicyclic amines) is 1. The normalized spacial score (nSPS) is 16.7. The maximum absolute atomic E-state index is 13.7. The van der Waals surface area contributed by atoms with Crippen LogP contribution in [0.25, 0.3) is 0 Å². The number of amides is 1. The molecule has 1 fully saturated rings. The van der Waals surface area contributed by atoms with E-state index in [-0.39, 0.29) is 11.5 Å². The molecular formula is C14H18BrFN2O. The summed E-state index contributed by atoms with van der Waals surface area (Å²) in [6.07, 6.45) is 2.92. The smallest absolute Gasteiger partial charge is 0.256 e. The number of carbonyl (C=O) groups excluding carboxylic acids is 1. The van der Waals surface area contributed by atoms with E-state index >= 15 is 0 Å². The van der Waals surface area contributed by atoms with Crippen molar-refractivity contribution in [3.05, 3.63) is 34.1 Å². The Morgan fingerprint density at radius 2 is 2.11 bits per heavy atom. The van der Waals surface area contributed by atoms with Crippen LogP contribution >= 0.6 is 15.9 Å². The van der Waals surface area contributed by atoms with E-state index in [2.05, 4.69) is 15.9 Å². The van der Waals surface area contributed by atoms with Gasteiger partial charge in [-0.2, -0.15) is 0 Å². The number of hydrogen-bond acceptors (Lipinski definition) is 2. The third-order valence-electron chi connectivity index (χ3n) is 3.64. The average Bonchev–Trinajstić information content (AvgIpc) is 2.42. The number of hydrogen-bond donors (Lipinski definition) is 1. The number of rotatable bonds is 3. The summed E-state index contributed by atoms with van der Waals surface area (Å²) in [6, 6.07) is 4.46. The summed E-state index contributed by atoms with van der Waals surface area (Å²) in [5.41, 5.74) is 5.69. The summed E-state index contributed by atoms with van der Waals surface area (Å²) in [5, 5.41) is 0. The van der Waals surface area contributed by atoms with Gasteiger partial charge in [0.15, 0.2) is 0 Å². The fourth-order valence-electron chi connectivity index (χ4n) is 2.49. The first-order valence-corrected chi connectivity index (χ1v) is 7.35. The molecule has 0 saturated carbocycles. The highest BCUT2D eigenvalue weighted by Gasteiger charge is 2.24. The monoisotopic (exact) mass is 328 g/mol. The van der Waals surface area contributed by atoms with Gasteiger partial charge in [-0.1, -0.05) is 15.9 Å². The Hall–Kier alpha value is -0.940. The van der Waals surface area contributed by atoms with Crippen LogP contribution in [0.1, 0.15) is 29.6 Å². The standard InChI is InChI=1S/C14H18BrFN2O/c15-11-1-2-13(16)12(9-11)14(19)18-7-4-10(3-6-17)5-8-18/h1-2,9-10H,3-8,17H2. The van der Waals surface area contributed by atoms with Crippen molar-refractivity contribution in [2.75, 3.05) is 19.6 Å². The second-order valence-electron chi connectivity index (χ2n) is 4.94. The van der Waals surface area contributed by atoms with Crippen molar-refractivity contribution < 1.29 is 9.18 Å². The Morgan fingerprint density at radius 1 is 1.42 bits per heavy atom. The Bertz CT molecular complexity index is 459. The first kappa shape index (κ1) is 14.5. The minimum Gasteiger partial charge on any atom is -0.339 e. The van der Waals surface area contributed by atoms with E-state index in [0.717, 1.165) is 23.7 Å². The lowest BCUT2D eigenvalue weighted by Crippen LogP contribution is -2.39. The van der Waals surface area contributed by atoms with Crippen LogP contribution in [0.3, 0.4) is 0 Å². The molecule has 0 spiro atoms. The molecule has 104 valence electrons. The first-order valence-electron chi connectivity index (χ1n) is 6.56. The first-order chi connectivity index (χ1) is 9.11. The average molecular weight is 329 g/mol. The molecule has 1 aromatic carbocycles. The molecule has 0 radical (unpaired) electrons. The molecular weight excluding hydrogens is 311 g/mol. The van der Waals surface area contributed by atoms with Gasteiger partial charge in [0, 0.05) is 17.6 Å². The summed E-state index contributed by atoms with van der Waals surface area (Å²) >= 11 is 3.27. The summed E-state index contributed by atoms with van der Waals surface area (Å²) in [6.45, 7) is 2.07. The second-order valence-corrected chi connectivity index (χ2v) is 5.85. The SMILES string of the molecule is NCCC1CCN(C(=O)c2cc(Br)ccc2F)CC1. The van der Waals surface area contributed by atoms with Gasteiger partial charge >= 0.3 is 0 Å². The third-order valence-corrected chi connectivity index (χ3v) is 4.13. The van der Waals surface area contributed by atoms with Gasteiger partial charge < -0.3 is 10.6 Å². The quantitative estimate of drug-likeness (QED) is 0.927. The van der Waals surface area contributed by atoms with Crippen LogP contribution < -0.4 is 5.73 Å². The van der Waals surface area contributed by atoms with Gasteiger partial charge in [0.25, 0.3) is 5.91 Å². The molecule has 1 saturated heterocycles. The molecule has 0 aliphatic carbocycles. The molecule has 1 aromatic rings. The molecule has 0 atom stereocenters. The van der Waals surface area contributed by atoms with Gasteiger partial charge in [0.05, 0.1) is 5.56 Å². The van der Waals surface area contributed by atoms with E-state index in [0.29, 0.717) is 25.6 Å². The number of piperidine rings is 1. The molecule has 1 aliphatic rings. The highest BCUT2D eigenvalue weighted by molar-refractivity contribution is 9.10. The third kappa shape index (κ3) is 3.54. The molecule has 2 N–H and O–H groups in total. The molecule has 1 heterocycles. The van der Waals surface area contributed by atoms with Gasteiger partial charge in [0.1, 0.15) is 5.82 Å². The van der Waals surface area contributed by atoms with Gasteiger partial charge in [-0.15, -0.1) is 0 Å². The van der Waals surface area contributed by atoms with Crippen molar-refractivity contribution in [2.24, 2.45) is 11.7 Å². The predicted octanol–water partition coefficient (Wildman–Crippen LogP) is 2.79. The summed E-state index contributed by atoms with van der Waals surface area (Å²) in [4.78, 5) is 14.0. The molecule has 0 aromatic heterocycles. The molecule has 1 aliphatic heterocycles. The molecule has 0 bridgehead atoms. The Labute approximate surface area is 121 Å². The van der Waals surface area contributed by atoms with Crippen LogP contribution in [0.2, 0.25) is 0 Å². The fourth-order valence-corrected chi connectivity index (χ4v) is 2.85. The lowest BCUT2D eigenvalue weighted by molar-refractivity contribution is 0.0683. The van der Waals surface area contributed by atoms with E-state index in [1.165, 1.54) is 6.07 Å². The van der Waals surface area contributed by atoms with E-state index in [1.54, 1.807) is 17.0 Å². The van der Waals surface area contributed by atoms with E-state index in [4.69, 9.17) is 5.73 Å². The molecule has 0 unspecified atom stereocenters. The van der Waals surface area contributed by atoms with Crippen molar-refractivity contribution in [1.82, 2.24) is 4.90 Å². The van der Waals surface area contributed by atoms with E-state index in [1.807, 2.05) is 0 Å². The maximum atomic E-state index is 13.7. The minimum absolute atomic E-state index is 0.145. The van der Waals surface area contributed by atoms with Crippen LogP contribution in [-0.4, -0.2) is 30.4 Å². The predicted molar refractivity (Wildman–Crippen MR) is 76.4 cm³/mol. The summed E-state index contributed by atoms with van der Waals surface area (Å²) < 4.78 is 14.4. The fraction of sp³-hybridized carbons (Fsp3) is 0.500. The zero-order valence-corrected chi connectivity index (χ0v) is 12.3. The van der Waals surface area contributed by atoms with Crippen LogP contribution in [0.4, 0.5) is 4.39 Å². The van der Waals surface area contributed by atoms with Crippen molar-refractivity contribution in [2.45, 2.75) is 19.3 Å². The van der Waals surface area contributed by atoms with Crippen LogP contribution in [0.15, 0.2) is 22.7 Å². The highest BCUT2D eigenvalue weighted by Crippen LogP contribution is 2.23. The number of halogens is 2. The van der Waals surface area contributed by atoms with Gasteiger partial charge in [-0.05, 0) is 49.9 Å². The summed E-state index contributed by atoms with van der Waals surface area (Å²) in [5.74, 6) is -0.0799. The van der Waals surface area contributed by atoms with Crippen molar-refractivity contribution in [1.29, 1.82) is 0 Å². The largest absolute Gasteiger partial charge is 0.339 e. The van der Waals surface area contributed by atoms with Gasteiger partial charge in [-0.3, -0.25) is 4.79 Å². The van der Waals surface area contributed by atoms with Gasteiger partial charge in [-0.25, -0.2) is 4.39 Å². The molecule has 2 rings (SSSR count). The van der Waals surface area contributed by atoms with Crippen molar-refractivity contribution in [3.63, 3.8) is 0 Å². The molecule has 1 amide bonds. The minimum atomic E-state index is -0.461. The number of nitrogens with two attached hydrogens (primary N) is 1. The zero-order chi connectivity index (χ0) is 13.8. The van der Waals surface area contributed by atoms with Crippen LogP contribution in [0, 0.1) is 11.7 Å². The van der Waals surface area contributed by atoms with Gasteiger partial charge in [0.2, 0.25) is 0 Å². The zero-order valence-electron chi connectivity index (χ0n) is 10.7. The Kier molecular flexibility index (Phi) is 4.93. The molecule has 19 heavy (non-hydrogen) atoms. The molecule has 3 nitrogen and oxygen atoms in total. The number of benzene rings is 1. The van der Waals surface area contributed by atoms with E-state index < -0.39 is 5.82 Å². The topological polar surface area (TPSA) is 46.3 Å². The highest BCUT2D eigenvalue weighted by atomic mass is 79.9. The molecule has 5 heteroatoms. The number of carbonyl (C=O) groups is 1. The number of nitrogens with zero attached hydrogens (tertiary/aromatic N) is 1. The second kappa shape index (κ2) is 6.48. The Morgan fingerprint density at radius 3 is 2.74 bits per heavy atom. The van der Waals surface area contributed by atoms with Crippen LogP contribution in [0.5, 0.6) is 0 Å². The van der Waals surface area contributed by atoms with E-state index in [9.17, 15) is 9.18 Å². The van der Waals surface area contributed by atoms with Crippen LogP contribution in [-0.2, 0) is 0 Å². The van der Waals surface area contributed by atoms with Crippen molar-refractivity contribution >= 4 is 21.8 Å².